The van der Waals surface area contributed by atoms with Crippen LogP contribution in [-0.2, 0) is 43.5 Å². The summed E-state index contributed by atoms with van der Waals surface area (Å²) < 4.78 is 58.9. The summed E-state index contributed by atoms with van der Waals surface area (Å²) >= 11 is 3.35. The molecule has 8 rings (SSSR count). The van der Waals surface area contributed by atoms with Gasteiger partial charge in [0.1, 0.15) is 13.2 Å². The summed E-state index contributed by atoms with van der Waals surface area (Å²) in [5.41, 5.74) is 4.11. The van der Waals surface area contributed by atoms with Crippen LogP contribution in [0.25, 0.3) is 0 Å². The number of likely N-dealkylation sites (tertiary alicyclic amines) is 2. The van der Waals surface area contributed by atoms with Gasteiger partial charge in [0.05, 0.1) is 51.1 Å². The van der Waals surface area contributed by atoms with Crippen molar-refractivity contribution in [3.05, 3.63) is 84.9 Å². The number of carbonyl (C=O) groups is 3. The average molecular weight is 1170 g/mol. The fraction of sp³-hybridized carbons (Fsp3) is 0.534. The minimum Gasteiger partial charge on any atom is -0.481 e. The molecule has 4 aliphatic heterocycles. The Morgan fingerprint density at radius 1 is 0.620 bits per heavy atom. The van der Waals surface area contributed by atoms with Gasteiger partial charge in [0.2, 0.25) is 0 Å². The first-order chi connectivity index (χ1) is 36.9. The summed E-state index contributed by atoms with van der Waals surface area (Å²) in [5, 5.41) is 9.17. The Bertz CT molecular complexity index is 2820. The van der Waals surface area contributed by atoms with E-state index in [1.807, 2.05) is 74.4 Å². The number of sulfone groups is 2. The number of likely N-dealkylation sites (N-methyl/N-ethyl adjacent to an activating group) is 1. The number of benzene rings is 4. The predicted octanol–water partition coefficient (Wildman–Crippen LogP) is 8.73. The summed E-state index contributed by atoms with van der Waals surface area (Å²) in [6.07, 6.45) is 7.44. The SMILES string of the molecule is CC(=O)COCN(C)C.CC(C)C.CN(C)CCOC(=O)C1CCN(CCCN2c3ccccc3Sc3ccc(S(C)(=O)=O)cc32)CC1.CS(=O)(=O)c1ccc2c(c1)N(CCCN1CCC(C(=O)O)CC1)c1ccccc1S2.O. The van der Waals surface area contributed by atoms with E-state index < -0.39 is 25.6 Å². The Labute approximate surface area is 479 Å². The normalized spacial score (nSPS) is 15.7. The summed E-state index contributed by atoms with van der Waals surface area (Å²) in [5.74, 6) is -0.0614. The monoisotopic (exact) mass is 1170 g/mol. The number of rotatable bonds is 19. The molecule has 4 aliphatic rings. The average Bonchev–Trinajstić information content (AvgIpc) is 3.40. The molecule has 17 nitrogen and oxygen atoms in total. The van der Waals surface area contributed by atoms with Gasteiger partial charge in [0.15, 0.2) is 25.5 Å². The van der Waals surface area contributed by atoms with Gasteiger partial charge in [0.25, 0.3) is 0 Å². The first-order valence-corrected chi connectivity index (χ1v) is 32.3. The Kier molecular flexibility index (Phi) is 27.3. The number of aliphatic carboxylic acids is 1. The van der Waals surface area contributed by atoms with E-state index in [0.717, 1.165) is 123 Å². The van der Waals surface area contributed by atoms with E-state index in [4.69, 9.17) is 14.6 Å². The third-order valence-electron chi connectivity index (χ3n) is 13.1. The molecule has 0 aliphatic carbocycles. The third-order valence-corrected chi connectivity index (χ3v) is 17.5. The number of carboxylic acids is 1. The summed E-state index contributed by atoms with van der Waals surface area (Å²) in [6, 6.07) is 27.3. The molecule has 79 heavy (non-hydrogen) atoms. The highest BCUT2D eigenvalue weighted by molar-refractivity contribution is 8.00. The van der Waals surface area contributed by atoms with Gasteiger partial charge in [-0.05, 0) is 179 Å². The molecule has 0 bridgehead atoms. The molecule has 0 atom stereocenters. The van der Waals surface area contributed by atoms with Gasteiger partial charge in [-0.3, -0.25) is 19.3 Å². The lowest BCUT2D eigenvalue weighted by molar-refractivity contribution is -0.150. The number of para-hydroxylation sites is 2. The molecule has 2 saturated heterocycles. The molecular weight excluding hydrogens is 1080 g/mol. The number of carbonyl (C=O) groups excluding carboxylic acids is 2. The topological polar surface area (TPSA) is 209 Å². The van der Waals surface area contributed by atoms with Gasteiger partial charge in [0, 0.05) is 51.7 Å². The smallest absolute Gasteiger partial charge is 0.309 e. The van der Waals surface area contributed by atoms with Crippen LogP contribution in [0.1, 0.15) is 66.2 Å². The lowest BCUT2D eigenvalue weighted by Gasteiger charge is -2.35. The van der Waals surface area contributed by atoms with Crippen molar-refractivity contribution in [1.29, 1.82) is 0 Å². The zero-order chi connectivity index (χ0) is 57.2. The van der Waals surface area contributed by atoms with Crippen molar-refractivity contribution >= 4 is 83.7 Å². The van der Waals surface area contributed by atoms with Crippen LogP contribution < -0.4 is 9.80 Å². The number of piperidine rings is 2. The molecule has 4 aromatic carbocycles. The predicted molar refractivity (Wildman–Crippen MR) is 318 cm³/mol. The first kappa shape index (κ1) is 67.0. The fourth-order valence-electron chi connectivity index (χ4n) is 9.08. The number of ether oxygens (including phenoxy) is 2. The minimum atomic E-state index is -3.28. The maximum absolute atomic E-state index is 12.3. The maximum atomic E-state index is 12.3. The highest BCUT2D eigenvalue weighted by atomic mass is 32.2. The molecule has 0 amide bonds. The molecule has 4 heterocycles. The highest BCUT2D eigenvalue weighted by Gasteiger charge is 2.30. The van der Waals surface area contributed by atoms with E-state index in [2.05, 4.69) is 64.6 Å². The zero-order valence-electron chi connectivity index (χ0n) is 48.0. The van der Waals surface area contributed by atoms with Gasteiger partial charge in [-0.2, -0.15) is 0 Å². The molecule has 0 aromatic heterocycles. The van der Waals surface area contributed by atoms with Crippen molar-refractivity contribution in [3.8, 4) is 0 Å². The zero-order valence-corrected chi connectivity index (χ0v) is 51.2. The Morgan fingerprint density at radius 2 is 1.03 bits per heavy atom. The second-order valence-corrected chi connectivity index (χ2v) is 27.7. The second-order valence-electron chi connectivity index (χ2n) is 21.5. The number of esters is 1. The van der Waals surface area contributed by atoms with Crippen molar-refractivity contribution < 1.29 is 51.3 Å². The van der Waals surface area contributed by atoms with E-state index in [9.17, 15) is 31.2 Å². The van der Waals surface area contributed by atoms with Crippen LogP contribution in [0.15, 0.2) is 114 Å². The molecule has 0 radical (unpaired) electrons. The van der Waals surface area contributed by atoms with Crippen LogP contribution in [0.2, 0.25) is 0 Å². The van der Waals surface area contributed by atoms with Crippen molar-refractivity contribution in [2.45, 2.75) is 95.6 Å². The van der Waals surface area contributed by atoms with Gasteiger partial charge in [-0.25, -0.2) is 16.8 Å². The van der Waals surface area contributed by atoms with E-state index in [0.29, 0.717) is 36.0 Å². The second kappa shape index (κ2) is 32.2. The molecule has 21 heteroatoms. The van der Waals surface area contributed by atoms with Gasteiger partial charge < -0.3 is 44.6 Å². The number of ketones is 1. The summed E-state index contributed by atoms with van der Waals surface area (Å²) in [6.45, 7) is 16.8. The maximum Gasteiger partial charge on any atom is 0.309 e. The van der Waals surface area contributed by atoms with E-state index in [-0.39, 0.29) is 35.7 Å². The van der Waals surface area contributed by atoms with Gasteiger partial charge in [-0.1, -0.05) is 68.6 Å². The molecule has 0 spiro atoms. The van der Waals surface area contributed by atoms with E-state index in [1.54, 1.807) is 47.8 Å². The van der Waals surface area contributed by atoms with E-state index in [1.165, 1.54) is 29.2 Å². The quantitative estimate of drug-likeness (QED) is 0.0687. The van der Waals surface area contributed by atoms with Crippen LogP contribution in [0.4, 0.5) is 22.7 Å². The lowest BCUT2D eigenvalue weighted by Crippen LogP contribution is -2.38. The summed E-state index contributed by atoms with van der Waals surface area (Å²) in [7, 11) is 1.16. The summed E-state index contributed by atoms with van der Waals surface area (Å²) in [4.78, 5) is 52.0. The number of carboxylic acid groups (broad SMARTS) is 1. The molecular formula is C58H86N6O11S4. The molecule has 0 unspecified atom stereocenters. The van der Waals surface area contributed by atoms with Crippen LogP contribution in [0.5, 0.6) is 0 Å². The Balaban J connectivity index is 0.000000277. The number of nitrogens with zero attached hydrogens (tertiary/aromatic N) is 6. The number of hydrogen-bond donors (Lipinski definition) is 1. The van der Waals surface area contributed by atoms with Crippen molar-refractivity contribution in [1.82, 2.24) is 19.6 Å². The largest absolute Gasteiger partial charge is 0.481 e. The van der Waals surface area contributed by atoms with Crippen LogP contribution >= 0.6 is 23.5 Å². The Hall–Kier alpha value is -4.55. The van der Waals surface area contributed by atoms with Gasteiger partial charge >= 0.3 is 11.9 Å². The van der Waals surface area contributed by atoms with Crippen LogP contribution in [0, 0.1) is 17.8 Å². The molecule has 438 valence electrons. The van der Waals surface area contributed by atoms with Gasteiger partial charge in [-0.15, -0.1) is 0 Å². The fourth-order valence-corrected chi connectivity index (χ4v) is 12.5. The first-order valence-electron chi connectivity index (χ1n) is 26.9. The van der Waals surface area contributed by atoms with Crippen molar-refractivity contribution in [2.75, 3.05) is 129 Å². The molecule has 2 fully saturated rings. The van der Waals surface area contributed by atoms with Crippen LogP contribution in [0.3, 0.4) is 0 Å². The number of fused-ring (bicyclic) bond motifs is 4. The number of anilines is 4. The van der Waals surface area contributed by atoms with E-state index >= 15 is 0 Å². The third kappa shape index (κ3) is 21.7. The number of hydrogen-bond acceptors (Lipinski definition) is 17. The standard InChI is InChI=1S/C26H35N3O4S2.C22H26N2O4S2.C6H13NO2.C4H10.H2O/c1-27(2)17-18-33-26(30)20-11-15-28(16-12-20)13-6-14-29-22-7-4-5-8-24(22)34-25-10-9-21(19-23(25)29)35(3,31)32;1-30(27,28)17-7-8-21-19(15-17)24(18-5-2-3-6-20(18)29-21)12-4-11-23-13-9-16(10-14-23)22(25)26;1-6(8)4-9-5-7(2)3;1-4(2)3;/h4-5,7-10,19-20H,6,11-18H2,1-3H3;2-3,5-8,15-16H,4,9-14H2,1H3,(H,25,26);4-5H2,1-3H3;4H,1-3H3;1H2. The molecule has 4 aromatic rings. The lowest BCUT2D eigenvalue weighted by atomic mass is 9.97. The highest BCUT2D eigenvalue weighted by Crippen LogP contribution is 2.50. The van der Waals surface area contributed by atoms with Crippen LogP contribution in [-0.4, -0.2) is 184 Å². The van der Waals surface area contributed by atoms with Crippen molar-refractivity contribution in [2.24, 2.45) is 17.8 Å². The minimum absolute atomic E-state index is 0. The van der Waals surface area contributed by atoms with Crippen molar-refractivity contribution in [3.63, 3.8) is 0 Å². The molecule has 3 N–H and O–H groups in total. The molecule has 0 saturated carbocycles. The number of Topliss-reactive ketones (excluding diaryl/α,β-unsaturated/α-hetero) is 1. The Morgan fingerprint density at radius 3 is 1.41 bits per heavy atom.